The second kappa shape index (κ2) is 4.71. The molecule has 1 saturated heterocycles. The van der Waals surface area contributed by atoms with Crippen molar-refractivity contribution in [3.63, 3.8) is 0 Å². The molecule has 0 radical (unpaired) electrons. The van der Waals surface area contributed by atoms with Crippen LogP contribution >= 0.6 is 11.8 Å². The van der Waals surface area contributed by atoms with E-state index in [1.165, 1.54) is 12.8 Å². The van der Waals surface area contributed by atoms with Crippen molar-refractivity contribution in [1.82, 2.24) is 0 Å². The van der Waals surface area contributed by atoms with Gasteiger partial charge in [0, 0.05) is 11.5 Å². The largest absolute Gasteiger partial charge is 0.508 e. The Kier molecular flexibility index (Phi) is 3.32. The molecule has 1 atom stereocenters. The van der Waals surface area contributed by atoms with E-state index in [4.69, 9.17) is 9.84 Å². The number of phenols is 1. The van der Waals surface area contributed by atoms with Crippen molar-refractivity contribution in [2.75, 3.05) is 6.61 Å². The maximum Gasteiger partial charge on any atom is 0.115 e. The highest BCUT2D eigenvalue weighted by molar-refractivity contribution is 7.99. The van der Waals surface area contributed by atoms with Crippen molar-refractivity contribution in [1.29, 1.82) is 0 Å². The molecule has 0 saturated carbocycles. The van der Waals surface area contributed by atoms with Crippen molar-refractivity contribution in [2.45, 2.75) is 29.6 Å². The van der Waals surface area contributed by atoms with Gasteiger partial charge in [-0.3, -0.25) is 0 Å². The van der Waals surface area contributed by atoms with Gasteiger partial charge in [-0.25, -0.2) is 0 Å². The van der Waals surface area contributed by atoms with Crippen LogP contribution in [-0.4, -0.2) is 17.1 Å². The van der Waals surface area contributed by atoms with Gasteiger partial charge in [-0.2, -0.15) is 0 Å². The summed E-state index contributed by atoms with van der Waals surface area (Å²) in [7, 11) is 0. The zero-order valence-corrected chi connectivity index (χ0v) is 8.80. The monoisotopic (exact) mass is 210 g/mol. The van der Waals surface area contributed by atoms with Crippen LogP contribution in [0.3, 0.4) is 0 Å². The molecule has 1 aliphatic heterocycles. The number of hydrogen-bond acceptors (Lipinski definition) is 3. The minimum atomic E-state index is 0.299. The van der Waals surface area contributed by atoms with Gasteiger partial charge in [0.05, 0.1) is 0 Å². The Morgan fingerprint density at radius 1 is 1.21 bits per heavy atom. The molecule has 0 aromatic heterocycles. The van der Waals surface area contributed by atoms with Gasteiger partial charge in [0.2, 0.25) is 0 Å². The molecule has 1 unspecified atom stereocenters. The van der Waals surface area contributed by atoms with Gasteiger partial charge in [0.25, 0.3) is 0 Å². The van der Waals surface area contributed by atoms with E-state index < -0.39 is 0 Å². The average Bonchev–Trinajstić information content (AvgIpc) is 2.23. The molecule has 1 aromatic carbocycles. The van der Waals surface area contributed by atoms with E-state index in [0.717, 1.165) is 17.9 Å². The number of thioether (sulfide) groups is 1. The lowest BCUT2D eigenvalue weighted by Gasteiger charge is -2.21. The Balaban J connectivity index is 1.92. The molecule has 76 valence electrons. The summed E-state index contributed by atoms with van der Waals surface area (Å²) in [5.41, 5.74) is 0.299. The second-order valence-electron chi connectivity index (χ2n) is 3.41. The molecular formula is C11H14O2S. The SMILES string of the molecule is Oc1ccc(SC2CCCCO2)cc1. The predicted octanol–water partition coefficient (Wildman–Crippen LogP) is 3.01. The first kappa shape index (κ1) is 9.87. The molecule has 2 nitrogen and oxygen atoms in total. The average molecular weight is 210 g/mol. The molecule has 0 spiro atoms. The van der Waals surface area contributed by atoms with Crippen LogP contribution in [0.1, 0.15) is 19.3 Å². The zero-order valence-electron chi connectivity index (χ0n) is 7.98. The van der Waals surface area contributed by atoms with Gasteiger partial charge >= 0.3 is 0 Å². The van der Waals surface area contributed by atoms with Gasteiger partial charge in [-0.1, -0.05) is 11.8 Å². The number of phenolic OH excluding ortho intramolecular Hbond substituents is 1. The quantitative estimate of drug-likeness (QED) is 0.813. The fourth-order valence-electron chi connectivity index (χ4n) is 1.48. The molecule has 3 heteroatoms. The third-order valence-electron chi connectivity index (χ3n) is 2.24. The summed E-state index contributed by atoms with van der Waals surface area (Å²) in [5.74, 6) is 0.318. The summed E-state index contributed by atoms with van der Waals surface area (Å²) in [6, 6.07) is 7.28. The van der Waals surface area contributed by atoms with Gasteiger partial charge in [0.15, 0.2) is 0 Å². The lowest BCUT2D eigenvalue weighted by Crippen LogP contribution is -2.14. The normalized spacial score (nSPS) is 22.1. The highest BCUT2D eigenvalue weighted by Crippen LogP contribution is 2.30. The zero-order chi connectivity index (χ0) is 9.80. The van der Waals surface area contributed by atoms with Gasteiger partial charge < -0.3 is 9.84 Å². The lowest BCUT2D eigenvalue weighted by atomic mass is 10.2. The molecule has 0 amide bonds. The molecule has 0 aliphatic carbocycles. The molecule has 2 rings (SSSR count). The maximum absolute atomic E-state index is 9.12. The van der Waals surface area contributed by atoms with Gasteiger partial charge in [0.1, 0.15) is 11.2 Å². The van der Waals surface area contributed by atoms with Crippen LogP contribution in [0, 0.1) is 0 Å². The molecule has 1 fully saturated rings. The first-order chi connectivity index (χ1) is 6.84. The molecule has 0 bridgehead atoms. The fraction of sp³-hybridized carbons (Fsp3) is 0.455. The smallest absolute Gasteiger partial charge is 0.115 e. The lowest BCUT2D eigenvalue weighted by molar-refractivity contribution is 0.0728. The minimum Gasteiger partial charge on any atom is -0.508 e. The van der Waals surface area contributed by atoms with Crippen LogP contribution in [0.25, 0.3) is 0 Å². The summed E-state index contributed by atoms with van der Waals surface area (Å²) in [5, 5.41) is 9.12. The minimum absolute atomic E-state index is 0.299. The van der Waals surface area contributed by atoms with Crippen molar-refractivity contribution in [3.8, 4) is 5.75 Å². The first-order valence-corrected chi connectivity index (χ1v) is 5.80. The van der Waals surface area contributed by atoms with E-state index in [-0.39, 0.29) is 0 Å². The number of hydrogen-bond donors (Lipinski definition) is 1. The summed E-state index contributed by atoms with van der Waals surface area (Å²) < 4.78 is 5.61. The summed E-state index contributed by atoms with van der Waals surface area (Å²) in [6.07, 6.45) is 3.58. The van der Waals surface area contributed by atoms with E-state index in [1.54, 1.807) is 23.9 Å². The maximum atomic E-state index is 9.12. The summed E-state index contributed by atoms with van der Waals surface area (Å²) in [4.78, 5) is 1.16. The standard InChI is InChI=1S/C11H14O2S/c12-9-4-6-10(7-5-9)14-11-3-1-2-8-13-11/h4-7,11-12H,1-3,8H2. The third-order valence-corrected chi connectivity index (χ3v) is 3.42. The van der Waals surface area contributed by atoms with E-state index in [0.29, 0.717) is 11.2 Å². The van der Waals surface area contributed by atoms with Crippen molar-refractivity contribution >= 4 is 11.8 Å². The van der Waals surface area contributed by atoms with Gasteiger partial charge in [-0.05, 0) is 43.5 Å². The van der Waals surface area contributed by atoms with Crippen LogP contribution in [-0.2, 0) is 4.74 Å². The molecule has 1 N–H and O–H groups in total. The van der Waals surface area contributed by atoms with Crippen LogP contribution in [0.15, 0.2) is 29.2 Å². The van der Waals surface area contributed by atoms with Crippen LogP contribution in [0.4, 0.5) is 0 Å². The first-order valence-electron chi connectivity index (χ1n) is 4.92. The van der Waals surface area contributed by atoms with Crippen molar-refractivity contribution in [2.24, 2.45) is 0 Å². The van der Waals surface area contributed by atoms with E-state index in [1.807, 2.05) is 12.1 Å². The highest BCUT2D eigenvalue weighted by Gasteiger charge is 2.14. The Hall–Kier alpha value is -0.670. The van der Waals surface area contributed by atoms with Crippen molar-refractivity contribution in [3.05, 3.63) is 24.3 Å². The highest BCUT2D eigenvalue weighted by atomic mass is 32.2. The van der Waals surface area contributed by atoms with E-state index in [9.17, 15) is 0 Å². The predicted molar refractivity (Wildman–Crippen MR) is 57.6 cm³/mol. The molecular weight excluding hydrogens is 196 g/mol. The van der Waals surface area contributed by atoms with Crippen LogP contribution < -0.4 is 0 Å². The number of aromatic hydroxyl groups is 1. The summed E-state index contributed by atoms with van der Waals surface area (Å²) in [6.45, 7) is 0.885. The second-order valence-corrected chi connectivity index (χ2v) is 4.64. The number of benzene rings is 1. The van der Waals surface area contributed by atoms with Crippen LogP contribution in [0.5, 0.6) is 5.75 Å². The fourth-order valence-corrected chi connectivity index (χ4v) is 2.53. The Morgan fingerprint density at radius 3 is 2.64 bits per heavy atom. The molecule has 1 aliphatic rings. The van der Waals surface area contributed by atoms with Crippen molar-refractivity contribution < 1.29 is 9.84 Å². The number of ether oxygens (including phenoxy) is 1. The van der Waals surface area contributed by atoms with E-state index in [2.05, 4.69) is 0 Å². The third kappa shape index (κ3) is 2.66. The Labute approximate surface area is 88.3 Å². The topological polar surface area (TPSA) is 29.5 Å². The van der Waals surface area contributed by atoms with Crippen LogP contribution in [0.2, 0.25) is 0 Å². The Morgan fingerprint density at radius 2 is 2.00 bits per heavy atom. The summed E-state index contributed by atoms with van der Waals surface area (Å²) >= 11 is 1.74. The van der Waals surface area contributed by atoms with Gasteiger partial charge in [-0.15, -0.1) is 0 Å². The Bertz CT molecular complexity index is 278. The molecule has 1 heterocycles. The number of rotatable bonds is 2. The van der Waals surface area contributed by atoms with E-state index >= 15 is 0 Å². The molecule has 1 aromatic rings. The molecule has 14 heavy (non-hydrogen) atoms.